The van der Waals surface area contributed by atoms with Crippen LogP contribution in [0.4, 0.5) is 20.3 Å². The van der Waals surface area contributed by atoms with E-state index in [0.29, 0.717) is 60.6 Å². The Labute approximate surface area is 342 Å². The minimum absolute atomic E-state index is 0.290. The summed E-state index contributed by atoms with van der Waals surface area (Å²) >= 11 is 3.01. The zero-order valence-corrected chi connectivity index (χ0v) is 33.4. The molecule has 0 radical (unpaired) electrons. The number of fused-ring (bicyclic) bond motifs is 1. The summed E-state index contributed by atoms with van der Waals surface area (Å²) in [6.45, 7) is 0.769. The van der Waals surface area contributed by atoms with Crippen LogP contribution in [0.2, 0.25) is 0 Å². The molecule has 58 heavy (non-hydrogen) atoms. The smallest absolute Gasteiger partial charge is 0.407 e. The van der Waals surface area contributed by atoms with E-state index in [9.17, 15) is 28.8 Å². The summed E-state index contributed by atoms with van der Waals surface area (Å²) < 4.78 is 11.5. The van der Waals surface area contributed by atoms with Crippen molar-refractivity contribution in [2.75, 3.05) is 37.9 Å². The molecule has 0 aliphatic carbocycles. The van der Waals surface area contributed by atoms with E-state index in [1.807, 2.05) is 42.5 Å². The van der Waals surface area contributed by atoms with Gasteiger partial charge in [0.15, 0.2) is 0 Å². The molecule has 4 atom stereocenters. The number of ether oxygens (including phenoxy) is 2. The van der Waals surface area contributed by atoms with Crippen molar-refractivity contribution in [2.45, 2.75) is 49.9 Å². The Kier molecular flexibility index (Phi) is 12.3. The van der Waals surface area contributed by atoms with Crippen LogP contribution in [0.15, 0.2) is 97.1 Å². The molecule has 0 bridgehead atoms. The molecule has 16 heteroatoms. The second-order valence-corrected chi connectivity index (χ2v) is 16.0. The number of benzene rings is 3. The van der Waals surface area contributed by atoms with Gasteiger partial charge >= 0.3 is 12.2 Å². The molecular weight excluding hydrogens is 781 g/mol. The van der Waals surface area contributed by atoms with E-state index < -0.39 is 36.4 Å². The first-order valence-corrected chi connectivity index (χ1v) is 20.4. The molecule has 7 rings (SSSR count). The number of hydrogen-bond acceptors (Lipinski definition) is 10. The number of thiophene rings is 2. The number of amides is 6. The fourth-order valence-electron chi connectivity index (χ4n) is 7.35. The number of rotatable bonds is 11. The SMILES string of the molecule is COC(=O)N[C@@H](C(=O)N1CCC[C@H]1C(=O)Nc1ccc(-c2cc3sc(NC(=O)[C@@H]4CCCN4C(=O)[C@H](NC(=O)OC)c4ccccc4)cc3s2)cc1)c1ccccc1. The van der Waals surface area contributed by atoms with E-state index in [-0.39, 0.29) is 23.6 Å². The number of methoxy groups -OCH3 is 2. The van der Waals surface area contributed by atoms with E-state index >= 15 is 0 Å². The van der Waals surface area contributed by atoms with Crippen molar-refractivity contribution >= 4 is 78.6 Å². The number of nitrogens with one attached hydrogen (secondary N) is 4. The topological polar surface area (TPSA) is 175 Å². The zero-order chi connectivity index (χ0) is 40.8. The summed E-state index contributed by atoms with van der Waals surface area (Å²) in [5.74, 6) is -1.37. The molecule has 2 saturated heterocycles. The van der Waals surface area contributed by atoms with Crippen LogP contribution in [-0.4, -0.2) is 85.0 Å². The van der Waals surface area contributed by atoms with E-state index in [1.54, 1.807) is 59.9 Å². The third-order valence-electron chi connectivity index (χ3n) is 10.2. The normalized spacial score (nSPS) is 17.3. The van der Waals surface area contributed by atoms with Gasteiger partial charge < -0.3 is 40.5 Å². The van der Waals surface area contributed by atoms with E-state index in [1.165, 1.54) is 35.4 Å². The molecule has 5 aromatic rings. The molecule has 2 fully saturated rings. The van der Waals surface area contributed by atoms with E-state index in [4.69, 9.17) is 9.47 Å². The summed E-state index contributed by atoms with van der Waals surface area (Å²) in [7, 11) is 2.46. The number of alkyl carbamates (subject to hydrolysis) is 2. The Morgan fingerprint density at radius 2 is 1.10 bits per heavy atom. The van der Waals surface area contributed by atoms with Crippen molar-refractivity contribution in [3.05, 3.63) is 108 Å². The highest BCUT2D eigenvalue weighted by molar-refractivity contribution is 7.31. The summed E-state index contributed by atoms with van der Waals surface area (Å²) in [5, 5.41) is 11.9. The van der Waals surface area contributed by atoms with E-state index in [2.05, 4.69) is 27.3 Å². The highest BCUT2D eigenvalue weighted by atomic mass is 32.1. The number of carbonyl (C=O) groups excluding carboxylic acids is 6. The second-order valence-electron chi connectivity index (χ2n) is 13.8. The Hall–Kier alpha value is -6.26. The van der Waals surface area contributed by atoms with Gasteiger partial charge in [-0.2, -0.15) is 0 Å². The summed E-state index contributed by atoms with van der Waals surface area (Å²) in [6.07, 6.45) is 0.802. The lowest BCUT2D eigenvalue weighted by Crippen LogP contribution is -2.48. The maximum absolute atomic E-state index is 13.7. The van der Waals surface area contributed by atoms with Crippen LogP contribution in [0.5, 0.6) is 0 Å². The molecule has 2 aliphatic heterocycles. The highest BCUT2D eigenvalue weighted by Crippen LogP contribution is 2.41. The first kappa shape index (κ1) is 40.0. The minimum atomic E-state index is -1.00. The Bertz CT molecular complexity index is 2270. The van der Waals surface area contributed by atoms with Gasteiger partial charge in [-0.15, -0.1) is 22.7 Å². The van der Waals surface area contributed by atoms with Crippen LogP contribution in [0.1, 0.15) is 48.9 Å². The van der Waals surface area contributed by atoms with Gasteiger partial charge in [0.2, 0.25) is 11.8 Å². The van der Waals surface area contributed by atoms with Crippen LogP contribution in [0.25, 0.3) is 19.8 Å². The van der Waals surface area contributed by atoms with Crippen molar-refractivity contribution in [1.29, 1.82) is 0 Å². The third-order valence-corrected chi connectivity index (χ3v) is 12.5. The average molecular weight is 823 g/mol. The Balaban J connectivity index is 0.974. The second kappa shape index (κ2) is 17.9. The minimum Gasteiger partial charge on any atom is -0.453 e. The van der Waals surface area contributed by atoms with Crippen LogP contribution in [0.3, 0.4) is 0 Å². The van der Waals surface area contributed by atoms with Crippen LogP contribution in [0, 0.1) is 0 Å². The van der Waals surface area contributed by atoms with Crippen molar-refractivity contribution in [1.82, 2.24) is 20.4 Å². The largest absolute Gasteiger partial charge is 0.453 e. The molecule has 4 N–H and O–H groups in total. The van der Waals surface area contributed by atoms with Gasteiger partial charge in [0, 0.05) is 33.1 Å². The van der Waals surface area contributed by atoms with Gasteiger partial charge in [-0.25, -0.2) is 9.59 Å². The van der Waals surface area contributed by atoms with Crippen molar-refractivity contribution in [2.24, 2.45) is 0 Å². The number of nitrogens with zero attached hydrogens (tertiary/aromatic N) is 2. The van der Waals surface area contributed by atoms with Crippen LogP contribution < -0.4 is 21.3 Å². The monoisotopic (exact) mass is 822 g/mol. The predicted molar refractivity (Wildman–Crippen MR) is 221 cm³/mol. The summed E-state index contributed by atoms with van der Waals surface area (Å²) in [6, 6.07) is 25.8. The van der Waals surface area contributed by atoms with Crippen molar-refractivity contribution in [3.8, 4) is 10.4 Å². The number of hydrogen-bond donors (Lipinski definition) is 4. The van der Waals surface area contributed by atoms with Gasteiger partial charge in [-0.05, 0) is 66.6 Å². The molecule has 14 nitrogen and oxygen atoms in total. The zero-order valence-electron chi connectivity index (χ0n) is 31.8. The lowest BCUT2D eigenvalue weighted by molar-refractivity contribution is -0.138. The standard InChI is InChI=1S/C42H42N6O8S2/c1-55-41(53)45-35(26-11-5-3-6-12-26)39(51)47-21-9-15-29(47)37(49)43-28-19-17-25(18-20-28)31-23-32-33(57-31)24-34(58-32)44-38(50)30-16-10-22-48(30)40(52)36(46-42(54)56-2)27-13-7-4-8-14-27/h3-8,11-14,17-20,23-24,29-30,35-36H,9-10,15-16,21-22H2,1-2H3,(H,43,49)(H,44,50)(H,45,53)(H,46,54)/t29-,30-,35+,36+/m0/s1. The molecule has 300 valence electrons. The van der Waals surface area contributed by atoms with Gasteiger partial charge in [-0.3, -0.25) is 19.2 Å². The Morgan fingerprint density at radius 3 is 1.59 bits per heavy atom. The molecule has 6 amide bonds. The van der Waals surface area contributed by atoms with Crippen molar-refractivity contribution < 1.29 is 38.2 Å². The fourth-order valence-corrected chi connectivity index (χ4v) is 9.65. The van der Waals surface area contributed by atoms with Crippen LogP contribution in [-0.2, 0) is 28.7 Å². The average Bonchev–Trinajstić information content (AvgIpc) is 4.07. The van der Waals surface area contributed by atoms with Gasteiger partial charge in [0.1, 0.15) is 24.2 Å². The quantitative estimate of drug-likeness (QED) is 0.114. The van der Waals surface area contributed by atoms with Crippen molar-refractivity contribution in [3.63, 3.8) is 0 Å². The lowest BCUT2D eigenvalue weighted by atomic mass is 10.0. The highest BCUT2D eigenvalue weighted by Gasteiger charge is 2.40. The fraction of sp³-hybridized carbons (Fsp3) is 0.286. The molecule has 4 heterocycles. The van der Waals surface area contributed by atoms with Gasteiger partial charge in [0.25, 0.3) is 11.8 Å². The summed E-state index contributed by atoms with van der Waals surface area (Å²) in [5.41, 5.74) is 2.71. The van der Waals surface area contributed by atoms with Crippen LogP contribution >= 0.6 is 22.7 Å². The maximum atomic E-state index is 13.7. The summed E-state index contributed by atoms with van der Waals surface area (Å²) in [4.78, 5) is 82.8. The molecule has 0 unspecified atom stereocenters. The first-order chi connectivity index (χ1) is 28.1. The molecule has 2 aromatic heterocycles. The van der Waals surface area contributed by atoms with Gasteiger partial charge in [0.05, 0.1) is 19.2 Å². The molecule has 2 aliphatic rings. The lowest BCUT2D eigenvalue weighted by Gasteiger charge is -2.28. The van der Waals surface area contributed by atoms with E-state index in [0.717, 1.165) is 19.8 Å². The number of anilines is 2. The third kappa shape index (κ3) is 8.82. The number of likely N-dealkylation sites (tertiary alicyclic amines) is 2. The van der Waals surface area contributed by atoms with Gasteiger partial charge in [-0.1, -0.05) is 72.8 Å². The number of carbonyl (C=O) groups is 6. The molecule has 0 spiro atoms. The predicted octanol–water partition coefficient (Wildman–Crippen LogP) is 6.68. The first-order valence-electron chi connectivity index (χ1n) is 18.8. The molecular formula is C42H42N6O8S2. The molecule has 3 aromatic carbocycles. The molecule has 0 saturated carbocycles. The Morgan fingerprint density at radius 1 is 0.621 bits per heavy atom. The maximum Gasteiger partial charge on any atom is 0.407 e.